The highest BCUT2D eigenvalue weighted by Crippen LogP contribution is 1.85. The van der Waals surface area contributed by atoms with Crippen molar-refractivity contribution >= 4 is 11.1 Å². The van der Waals surface area contributed by atoms with E-state index in [1.807, 2.05) is 0 Å². The molecule has 0 fully saturated rings. The molecule has 0 spiro atoms. The third-order valence-electron chi connectivity index (χ3n) is 0.427. The minimum Gasteiger partial charge on any atom is -0.771 e. The van der Waals surface area contributed by atoms with Crippen LogP contribution in [0.5, 0.6) is 0 Å². The second-order valence-electron chi connectivity index (χ2n) is 0.899. The van der Waals surface area contributed by atoms with Crippen molar-refractivity contribution < 1.29 is 8.76 Å². The summed E-state index contributed by atoms with van der Waals surface area (Å²) in [5.41, 5.74) is 0. The van der Waals surface area contributed by atoms with Crippen molar-refractivity contribution in [2.24, 2.45) is 0 Å². The van der Waals surface area contributed by atoms with E-state index in [0.29, 0.717) is 0 Å². The molecule has 0 aliphatic carbocycles. The van der Waals surface area contributed by atoms with Crippen LogP contribution in [0.1, 0.15) is 0 Å². The van der Waals surface area contributed by atoms with Crippen molar-refractivity contribution in [1.82, 2.24) is 0 Å². The first kappa shape index (κ1) is 7.09. The molecule has 1 atom stereocenters. The Morgan fingerprint density at radius 1 is 1.50 bits per heavy atom. The number of hydrogen-bond donors (Lipinski definition) is 0. The Hall–Kier alpha value is -0.910. The van der Waals surface area contributed by atoms with E-state index >= 15 is 0 Å². The molecule has 5 heteroatoms. The van der Waals surface area contributed by atoms with Crippen LogP contribution in [0.15, 0.2) is 0 Å². The van der Waals surface area contributed by atoms with Crippen molar-refractivity contribution in [2.45, 2.75) is 5.25 Å². The molecule has 8 heavy (non-hydrogen) atoms. The fraction of sp³-hybridized carbons (Fsp3) is 0.333. The third kappa shape index (κ3) is 1.69. The van der Waals surface area contributed by atoms with Crippen LogP contribution in [0.25, 0.3) is 0 Å². The summed E-state index contributed by atoms with van der Waals surface area (Å²) in [7, 11) is 0. The predicted molar refractivity (Wildman–Crippen MR) is 23.9 cm³/mol. The number of nitriles is 2. The van der Waals surface area contributed by atoms with Crippen LogP contribution < -0.4 is 0 Å². The lowest BCUT2D eigenvalue weighted by molar-refractivity contribution is 0.536. The predicted octanol–water partition coefficient (Wildman–Crippen LogP) is -0.719. The zero-order valence-corrected chi connectivity index (χ0v) is 4.51. The normalized spacial score (nSPS) is 12.0. The molecule has 0 radical (unpaired) electrons. The number of rotatable bonds is 1. The SMILES string of the molecule is N#CC(C#N)S(=O)[O-]. The van der Waals surface area contributed by atoms with Crippen molar-refractivity contribution in [3.8, 4) is 12.1 Å². The van der Waals surface area contributed by atoms with E-state index in [2.05, 4.69) is 0 Å². The van der Waals surface area contributed by atoms with Crippen LogP contribution >= 0.6 is 0 Å². The summed E-state index contributed by atoms with van der Waals surface area (Å²) in [4.78, 5) is 0. The van der Waals surface area contributed by atoms with Gasteiger partial charge in [0.15, 0.2) is 5.25 Å². The van der Waals surface area contributed by atoms with Crippen LogP contribution in [0.4, 0.5) is 0 Å². The van der Waals surface area contributed by atoms with Gasteiger partial charge in [-0.25, -0.2) is 0 Å². The molecule has 0 saturated carbocycles. The largest absolute Gasteiger partial charge is 0.771 e. The van der Waals surface area contributed by atoms with Crippen LogP contribution in [0.2, 0.25) is 0 Å². The second kappa shape index (κ2) is 3.14. The molecule has 0 amide bonds. The zero-order chi connectivity index (χ0) is 6.57. The maximum Gasteiger partial charge on any atom is 0.194 e. The summed E-state index contributed by atoms with van der Waals surface area (Å²) in [6, 6.07) is 2.55. The summed E-state index contributed by atoms with van der Waals surface area (Å²) in [5, 5.41) is 14.1. The van der Waals surface area contributed by atoms with Gasteiger partial charge >= 0.3 is 0 Å². The average molecular weight is 129 g/mol. The second-order valence-corrected chi connectivity index (χ2v) is 1.89. The standard InChI is InChI=1S/C3H2N2O2S/c4-1-3(2-5)8(6)7/h3H,(H,6,7)/p-1. The Morgan fingerprint density at radius 3 is 1.88 bits per heavy atom. The van der Waals surface area contributed by atoms with Gasteiger partial charge in [0.1, 0.15) is 0 Å². The molecule has 0 bridgehead atoms. The Labute approximate surface area is 48.6 Å². The van der Waals surface area contributed by atoms with Gasteiger partial charge in [-0.1, -0.05) is 0 Å². The van der Waals surface area contributed by atoms with Gasteiger partial charge in [0, 0.05) is 0 Å². The van der Waals surface area contributed by atoms with Gasteiger partial charge < -0.3 is 4.55 Å². The van der Waals surface area contributed by atoms with Gasteiger partial charge in [-0.05, 0) is 11.1 Å². The molecule has 1 unspecified atom stereocenters. The van der Waals surface area contributed by atoms with Gasteiger partial charge in [-0.2, -0.15) is 10.5 Å². The van der Waals surface area contributed by atoms with Crippen molar-refractivity contribution in [2.75, 3.05) is 0 Å². The van der Waals surface area contributed by atoms with Crippen LogP contribution in [0, 0.1) is 22.7 Å². The Kier molecular flexibility index (Phi) is 2.78. The summed E-state index contributed by atoms with van der Waals surface area (Å²) in [6.07, 6.45) is 0. The zero-order valence-electron chi connectivity index (χ0n) is 3.70. The maximum atomic E-state index is 9.72. The molecule has 0 aromatic carbocycles. The van der Waals surface area contributed by atoms with Crippen molar-refractivity contribution in [3.05, 3.63) is 0 Å². The molecule has 42 valence electrons. The number of nitrogens with zero attached hydrogens (tertiary/aromatic N) is 2. The van der Waals surface area contributed by atoms with E-state index in [1.54, 1.807) is 0 Å². The fourth-order valence-electron chi connectivity index (χ4n) is 0.115. The van der Waals surface area contributed by atoms with Crippen molar-refractivity contribution in [3.63, 3.8) is 0 Å². The lowest BCUT2D eigenvalue weighted by atomic mass is 10.5. The molecule has 0 saturated heterocycles. The highest BCUT2D eigenvalue weighted by atomic mass is 32.2. The average Bonchev–Trinajstić information content (AvgIpc) is 1.69. The molecule has 4 nitrogen and oxygen atoms in total. The van der Waals surface area contributed by atoms with Gasteiger partial charge in [0.05, 0.1) is 12.1 Å². The Bertz CT molecular complexity index is 163. The monoisotopic (exact) mass is 129 g/mol. The number of hydrogen-bond acceptors (Lipinski definition) is 4. The minimum atomic E-state index is -2.58. The van der Waals surface area contributed by atoms with E-state index in [-0.39, 0.29) is 0 Å². The molecule has 0 rings (SSSR count). The summed E-state index contributed by atoms with van der Waals surface area (Å²) in [5.74, 6) is 0. The van der Waals surface area contributed by atoms with Gasteiger partial charge in [0.2, 0.25) is 0 Å². The van der Waals surface area contributed by atoms with Crippen LogP contribution in [0.3, 0.4) is 0 Å². The van der Waals surface area contributed by atoms with Gasteiger partial charge in [0.25, 0.3) is 0 Å². The lowest BCUT2D eigenvalue weighted by Gasteiger charge is -2.00. The molecule has 0 aromatic heterocycles. The first-order valence-electron chi connectivity index (χ1n) is 1.59. The van der Waals surface area contributed by atoms with E-state index in [0.717, 1.165) is 0 Å². The summed E-state index contributed by atoms with van der Waals surface area (Å²) in [6.45, 7) is 0. The molecular formula is C3HN2O2S-. The van der Waals surface area contributed by atoms with Crippen molar-refractivity contribution in [1.29, 1.82) is 10.5 Å². The molecule has 0 aliphatic rings. The van der Waals surface area contributed by atoms with E-state index in [4.69, 9.17) is 10.5 Å². The molecule has 0 aromatic rings. The lowest BCUT2D eigenvalue weighted by Crippen LogP contribution is -2.07. The van der Waals surface area contributed by atoms with E-state index in [9.17, 15) is 8.76 Å². The molecule has 0 aliphatic heterocycles. The minimum absolute atomic E-state index is 1.28. The van der Waals surface area contributed by atoms with E-state index in [1.165, 1.54) is 12.1 Å². The van der Waals surface area contributed by atoms with Gasteiger partial charge in [-0.15, -0.1) is 0 Å². The highest BCUT2D eigenvalue weighted by Gasteiger charge is 2.01. The van der Waals surface area contributed by atoms with E-state index < -0.39 is 16.3 Å². The first-order chi connectivity index (χ1) is 3.72. The smallest absolute Gasteiger partial charge is 0.194 e. The Balaban J connectivity index is 4.02. The molecule has 0 N–H and O–H groups in total. The van der Waals surface area contributed by atoms with Crippen LogP contribution in [-0.4, -0.2) is 14.0 Å². The molecular weight excluding hydrogens is 128 g/mol. The summed E-state index contributed by atoms with van der Waals surface area (Å²) >= 11 is -2.58. The van der Waals surface area contributed by atoms with Crippen LogP contribution in [-0.2, 0) is 11.1 Å². The summed E-state index contributed by atoms with van der Waals surface area (Å²) < 4.78 is 19.4. The maximum absolute atomic E-state index is 9.72. The molecule has 0 heterocycles. The Morgan fingerprint density at radius 2 is 1.88 bits per heavy atom. The topological polar surface area (TPSA) is 87.7 Å². The third-order valence-corrected chi connectivity index (χ3v) is 1.02. The van der Waals surface area contributed by atoms with Gasteiger partial charge in [-0.3, -0.25) is 4.21 Å². The highest BCUT2D eigenvalue weighted by molar-refractivity contribution is 7.80. The first-order valence-corrected chi connectivity index (χ1v) is 2.73. The fourth-order valence-corrected chi connectivity index (χ4v) is 0.287. The quantitative estimate of drug-likeness (QED) is 0.437.